The van der Waals surface area contributed by atoms with Crippen LogP contribution < -0.4 is 0 Å². The zero-order valence-electron chi connectivity index (χ0n) is 3.40. The van der Waals surface area contributed by atoms with Crippen molar-refractivity contribution in [2.75, 3.05) is 0 Å². The van der Waals surface area contributed by atoms with Crippen molar-refractivity contribution < 1.29 is 4.79 Å². The van der Waals surface area contributed by atoms with Crippen LogP contribution in [-0.4, -0.2) is 6.29 Å². The van der Waals surface area contributed by atoms with Crippen molar-refractivity contribution in [2.24, 2.45) is 0 Å². The molecule has 0 spiro atoms. The fraction of sp³-hybridized carbons (Fsp3) is 0. The Balaban J connectivity index is 3.52. The van der Waals surface area contributed by atoms with Crippen LogP contribution in [0.4, 0.5) is 0 Å². The number of hydrogen-bond donors (Lipinski definition) is 0. The summed E-state index contributed by atoms with van der Waals surface area (Å²) >= 11 is 0. The van der Waals surface area contributed by atoms with Gasteiger partial charge in [0.1, 0.15) is 0 Å². The fourth-order valence-electron chi connectivity index (χ4n) is 0.0417. The summed E-state index contributed by atoms with van der Waals surface area (Å²) in [6, 6.07) is 0. The van der Waals surface area contributed by atoms with Gasteiger partial charge in [-0.25, -0.2) is 0 Å². The molecule has 0 unspecified atom stereocenters. The maximum Gasteiger partial charge on any atom is 0.232 e. The molecule has 0 aromatic heterocycles. The Bertz CT molecular complexity index is 71.9. The SMILES string of the molecule is C=CC(=C)[C]=O. The largest absolute Gasteiger partial charge is 0.285 e. The van der Waals surface area contributed by atoms with Gasteiger partial charge < -0.3 is 0 Å². The summed E-state index contributed by atoms with van der Waals surface area (Å²) < 4.78 is 0. The highest BCUT2D eigenvalue weighted by Crippen LogP contribution is 1.78. The summed E-state index contributed by atoms with van der Waals surface area (Å²) in [5.41, 5.74) is 0.301. The average molecular weight is 81.1 g/mol. The van der Waals surface area contributed by atoms with Crippen LogP contribution >= 0.6 is 0 Å². The molecule has 0 aromatic carbocycles. The molecule has 0 saturated carbocycles. The maximum absolute atomic E-state index is 9.44. The summed E-state index contributed by atoms with van der Waals surface area (Å²) in [5, 5.41) is 0. The Hall–Kier alpha value is -0.850. The van der Waals surface area contributed by atoms with E-state index in [4.69, 9.17) is 0 Å². The third-order valence-electron chi connectivity index (χ3n) is 0.377. The van der Waals surface area contributed by atoms with Crippen molar-refractivity contribution >= 4 is 6.29 Å². The second-order valence-corrected chi connectivity index (χ2v) is 0.831. The molecule has 0 heterocycles. The van der Waals surface area contributed by atoms with E-state index in [9.17, 15) is 4.79 Å². The van der Waals surface area contributed by atoms with Gasteiger partial charge in [-0.05, 0) is 0 Å². The van der Waals surface area contributed by atoms with Gasteiger partial charge in [0.05, 0.1) is 0 Å². The van der Waals surface area contributed by atoms with E-state index in [-0.39, 0.29) is 0 Å². The van der Waals surface area contributed by atoms with Gasteiger partial charge >= 0.3 is 0 Å². The molecule has 0 N–H and O–H groups in total. The highest BCUT2D eigenvalue weighted by Gasteiger charge is 1.74. The van der Waals surface area contributed by atoms with Crippen LogP contribution in [0.5, 0.6) is 0 Å². The van der Waals surface area contributed by atoms with E-state index >= 15 is 0 Å². The average Bonchev–Trinajstić information content (AvgIpc) is 1.65. The quantitative estimate of drug-likeness (QED) is 0.355. The zero-order chi connectivity index (χ0) is 4.99. The van der Waals surface area contributed by atoms with Crippen molar-refractivity contribution in [1.29, 1.82) is 0 Å². The summed E-state index contributed by atoms with van der Waals surface area (Å²) in [6.07, 6.45) is 2.91. The minimum absolute atomic E-state index is 0.301. The van der Waals surface area contributed by atoms with Crippen molar-refractivity contribution in [2.45, 2.75) is 0 Å². The molecule has 31 valence electrons. The van der Waals surface area contributed by atoms with E-state index in [2.05, 4.69) is 13.2 Å². The van der Waals surface area contributed by atoms with E-state index < -0.39 is 0 Å². The summed E-state index contributed by atoms with van der Waals surface area (Å²) in [7, 11) is 0. The predicted molar refractivity (Wildman–Crippen MR) is 25.0 cm³/mol. The topological polar surface area (TPSA) is 17.1 Å². The molecule has 0 aliphatic heterocycles. The first kappa shape index (κ1) is 5.15. The van der Waals surface area contributed by atoms with E-state index in [1.165, 1.54) is 6.08 Å². The molecular formula is C5H5O. The van der Waals surface area contributed by atoms with Gasteiger partial charge in [0.15, 0.2) is 0 Å². The molecule has 0 rings (SSSR count). The van der Waals surface area contributed by atoms with Crippen LogP contribution in [-0.2, 0) is 4.79 Å². The minimum atomic E-state index is 0.301. The lowest BCUT2D eigenvalue weighted by molar-refractivity contribution is 0.563. The first-order chi connectivity index (χ1) is 2.81. The van der Waals surface area contributed by atoms with Crippen LogP contribution in [0.1, 0.15) is 0 Å². The number of rotatable bonds is 2. The monoisotopic (exact) mass is 81.0 g/mol. The van der Waals surface area contributed by atoms with Crippen molar-refractivity contribution in [3.05, 3.63) is 24.8 Å². The molecule has 1 heteroatoms. The molecule has 0 bridgehead atoms. The Kier molecular flexibility index (Phi) is 2.05. The van der Waals surface area contributed by atoms with Gasteiger partial charge in [-0.2, -0.15) is 0 Å². The van der Waals surface area contributed by atoms with Gasteiger partial charge in [0, 0.05) is 5.57 Å². The smallest absolute Gasteiger partial charge is 0.232 e. The van der Waals surface area contributed by atoms with E-state index in [1.54, 1.807) is 6.29 Å². The Morgan fingerprint density at radius 1 is 1.83 bits per heavy atom. The second kappa shape index (κ2) is 2.39. The highest BCUT2D eigenvalue weighted by atomic mass is 16.1. The molecule has 0 fully saturated rings. The van der Waals surface area contributed by atoms with Crippen LogP contribution in [0.25, 0.3) is 0 Å². The lowest BCUT2D eigenvalue weighted by Gasteiger charge is -1.69. The van der Waals surface area contributed by atoms with Gasteiger partial charge in [-0.1, -0.05) is 19.2 Å². The Morgan fingerprint density at radius 3 is 2.33 bits per heavy atom. The third-order valence-corrected chi connectivity index (χ3v) is 0.377. The van der Waals surface area contributed by atoms with Crippen molar-refractivity contribution in [3.8, 4) is 0 Å². The minimum Gasteiger partial charge on any atom is -0.285 e. The third kappa shape index (κ3) is 1.47. The van der Waals surface area contributed by atoms with E-state index in [1.807, 2.05) is 0 Å². The van der Waals surface area contributed by atoms with Gasteiger partial charge in [-0.3, -0.25) is 4.79 Å². The van der Waals surface area contributed by atoms with Crippen molar-refractivity contribution in [3.63, 3.8) is 0 Å². The summed E-state index contributed by atoms with van der Waals surface area (Å²) in [5.74, 6) is 0. The normalized spacial score (nSPS) is 6.67. The first-order valence-corrected chi connectivity index (χ1v) is 1.50. The van der Waals surface area contributed by atoms with Crippen molar-refractivity contribution in [1.82, 2.24) is 0 Å². The lowest BCUT2D eigenvalue weighted by Crippen LogP contribution is -1.68. The van der Waals surface area contributed by atoms with E-state index in [0.717, 1.165) is 0 Å². The fourth-order valence-corrected chi connectivity index (χ4v) is 0.0417. The highest BCUT2D eigenvalue weighted by molar-refractivity contribution is 5.76. The lowest BCUT2D eigenvalue weighted by atomic mass is 10.3. The Labute approximate surface area is 37.0 Å². The van der Waals surface area contributed by atoms with Gasteiger partial charge in [0.25, 0.3) is 0 Å². The Morgan fingerprint density at radius 2 is 2.33 bits per heavy atom. The molecule has 6 heavy (non-hydrogen) atoms. The summed E-state index contributed by atoms with van der Waals surface area (Å²) in [4.78, 5) is 9.44. The standard InChI is InChI=1S/C5H5O/c1-3-5(2)4-6/h3H,1-2H2. The van der Waals surface area contributed by atoms with Crippen LogP contribution in [0.3, 0.4) is 0 Å². The first-order valence-electron chi connectivity index (χ1n) is 1.50. The number of hydrogen-bond acceptors (Lipinski definition) is 1. The number of allylic oxidation sites excluding steroid dienone is 2. The predicted octanol–water partition coefficient (Wildman–Crippen LogP) is 0.838. The van der Waals surface area contributed by atoms with Crippen LogP contribution in [0.2, 0.25) is 0 Å². The van der Waals surface area contributed by atoms with Crippen LogP contribution in [0, 0.1) is 0 Å². The van der Waals surface area contributed by atoms with Gasteiger partial charge in [0.2, 0.25) is 6.29 Å². The van der Waals surface area contributed by atoms with Crippen LogP contribution in [0.15, 0.2) is 24.8 Å². The maximum atomic E-state index is 9.44. The molecule has 0 aliphatic rings. The zero-order valence-corrected chi connectivity index (χ0v) is 3.40. The number of carbonyl (C=O) groups excluding carboxylic acids is 1. The second-order valence-electron chi connectivity index (χ2n) is 0.831. The molecule has 0 aliphatic carbocycles. The summed E-state index contributed by atoms with van der Waals surface area (Å²) in [6.45, 7) is 6.52. The molecule has 0 atom stereocenters. The molecule has 0 saturated heterocycles. The molecule has 1 nitrogen and oxygen atoms in total. The molecule has 0 amide bonds. The van der Waals surface area contributed by atoms with Gasteiger partial charge in [-0.15, -0.1) is 0 Å². The van der Waals surface area contributed by atoms with E-state index in [0.29, 0.717) is 5.57 Å². The molecular weight excluding hydrogens is 76.1 g/mol. The molecule has 1 radical (unpaired) electrons. The molecule has 0 aromatic rings.